The maximum Gasteiger partial charge on any atom is 0.282 e. The van der Waals surface area contributed by atoms with Crippen LogP contribution in [-0.4, -0.2) is 12.2 Å². The van der Waals surface area contributed by atoms with E-state index < -0.39 is 0 Å². The van der Waals surface area contributed by atoms with Crippen molar-refractivity contribution in [1.82, 2.24) is 4.72 Å². The fourth-order valence-corrected chi connectivity index (χ4v) is 0.968. The van der Waals surface area contributed by atoms with E-state index >= 15 is 0 Å². The van der Waals surface area contributed by atoms with Crippen molar-refractivity contribution in [3.8, 4) is 0 Å². The first kappa shape index (κ1) is 9.98. The predicted octanol–water partition coefficient (Wildman–Crippen LogP) is 1.73. The summed E-state index contributed by atoms with van der Waals surface area (Å²) < 4.78 is 2.88. The van der Waals surface area contributed by atoms with Gasteiger partial charge in [-0.2, -0.15) is 0 Å². The van der Waals surface area contributed by atoms with Crippen LogP contribution >= 0.6 is 11.9 Å². The molecule has 0 spiro atoms. The van der Waals surface area contributed by atoms with E-state index in [1.165, 1.54) is 6.42 Å². The summed E-state index contributed by atoms with van der Waals surface area (Å²) in [6, 6.07) is 0. The van der Waals surface area contributed by atoms with E-state index in [-0.39, 0.29) is 0 Å². The highest BCUT2D eigenvalue weighted by atomic mass is 32.2. The molecule has 0 aliphatic carbocycles. The zero-order valence-corrected chi connectivity index (χ0v) is 7.33. The van der Waals surface area contributed by atoms with Crippen LogP contribution in [0.25, 0.3) is 0 Å². The molecule has 0 aliphatic heterocycles. The Morgan fingerprint density at radius 1 is 1.60 bits per heavy atom. The smallest absolute Gasteiger partial charge is 0.276 e. The van der Waals surface area contributed by atoms with Crippen LogP contribution in [0.3, 0.4) is 0 Å². The third kappa shape index (κ3) is 7.98. The first-order valence-electron chi connectivity index (χ1n) is 3.53. The van der Waals surface area contributed by atoms with E-state index in [0.29, 0.717) is 0 Å². The second-order valence-corrected chi connectivity index (χ2v) is 3.28. The standard InChI is InChI=1S/C7H14NOS/c1-7(2)4-3-5-8-10-6-9/h7-8H,3-5H2,1-2H3. The Labute approximate surface area is 66.9 Å². The molecule has 0 rings (SSSR count). The van der Waals surface area contributed by atoms with E-state index in [4.69, 9.17) is 0 Å². The van der Waals surface area contributed by atoms with Crippen LogP contribution in [-0.2, 0) is 4.79 Å². The quantitative estimate of drug-likeness (QED) is 0.474. The van der Waals surface area contributed by atoms with Crippen molar-refractivity contribution < 1.29 is 4.79 Å². The minimum atomic E-state index is 0.756. The minimum Gasteiger partial charge on any atom is -0.276 e. The summed E-state index contributed by atoms with van der Waals surface area (Å²) >= 11 is 1.00. The van der Waals surface area contributed by atoms with E-state index in [9.17, 15) is 4.79 Å². The summed E-state index contributed by atoms with van der Waals surface area (Å²) in [7, 11) is 0. The van der Waals surface area contributed by atoms with Gasteiger partial charge in [0.1, 0.15) is 0 Å². The van der Waals surface area contributed by atoms with Crippen molar-refractivity contribution in [2.45, 2.75) is 26.7 Å². The number of hydrogen-bond acceptors (Lipinski definition) is 3. The number of hydrogen-bond donors (Lipinski definition) is 1. The van der Waals surface area contributed by atoms with Crippen LogP contribution in [0.1, 0.15) is 26.7 Å². The molecule has 2 nitrogen and oxygen atoms in total. The lowest BCUT2D eigenvalue weighted by Crippen LogP contribution is -2.06. The maximum atomic E-state index is 9.68. The summed E-state index contributed by atoms with van der Waals surface area (Å²) in [5, 5.41) is 0. The molecule has 0 aliphatic rings. The highest BCUT2D eigenvalue weighted by Crippen LogP contribution is 2.02. The topological polar surface area (TPSA) is 29.1 Å². The molecule has 0 aromatic rings. The maximum absolute atomic E-state index is 9.68. The Hall–Kier alpha value is -0.0200. The Balaban J connectivity index is 2.83. The molecular weight excluding hydrogens is 146 g/mol. The number of carbonyl (C=O) groups excluding carboxylic acids is 1. The van der Waals surface area contributed by atoms with Crippen LogP contribution in [0.5, 0.6) is 0 Å². The Bertz CT molecular complexity index is 85.7. The lowest BCUT2D eigenvalue weighted by molar-refractivity contribution is 0.555. The zero-order valence-electron chi connectivity index (χ0n) is 6.52. The SMILES string of the molecule is CC(C)CCCNS[C]=O. The summed E-state index contributed by atoms with van der Waals surface area (Å²) in [5.74, 6) is 0.756. The second-order valence-electron chi connectivity index (χ2n) is 2.62. The molecule has 3 heteroatoms. The van der Waals surface area contributed by atoms with Gasteiger partial charge in [-0.1, -0.05) is 13.8 Å². The molecule has 1 radical (unpaired) electrons. The van der Waals surface area contributed by atoms with Crippen molar-refractivity contribution in [2.75, 3.05) is 6.54 Å². The molecule has 59 valence electrons. The van der Waals surface area contributed by atoms with Gasteiger partial charge in [-0.3, -0.25) is 9.52 Å². The van der Waals surface area contributed by atoms with Gasteiger partial charge in [-0.15, -0.1) is 0 Å². The fourth-order valence-electron chi connectivity index (χ4n) is 0.663. The summed E-state index contributed by atoms with van der Waals surface area (Å²) in [6.07, 6.45) is 2.35. The van der Waals surface area contributed by atoms with Gasteiger partial charge in [0.05, 0.1) is 0 Å². The molecule has 0 aromatic heterocycles. The Kier molecular flexibility index (Phi) is 7.08. The molecule has 0 atom stereocenters. The van der Waals surface area contributed by atoms with Crippen molar-refractivity contribution in [2.24, 2.45) is 5.92 Å². The summed E-state index contributed by atoms with van der Waals surface area (Å²) in [6.45, 7) is 5.29. The zero-order chi connectivity index (χ0) is 7.82. The molecule has 0 saturated heterocycles. The molecule has 0 amide bonds. The van der Waals surface area contributed by atoms with Crippen molar-refractivity contribution >= 4 is 17.6 Å². The van der Waals surface area contributed by atoms with Gasteiger partial charge >= 0.3 is 0 Å². The lowest BCUT2D eigenvalue weighted by atomic mass is 10.1. The minimum absolute atomic E-state index is 0.756. The van der Waals surface area contributed by atoms with Crippen LogP contribution in [0.15, 0.2) is 0 Å². The predicted molar refractivity (Wildman–Crippen MR) is 45.4 cm³/mol. The normalized spacial score (nSPS) is 10.3. The molecule has 0 aromatic carbocycles. The van der Waals surface area contributed by atoms with Crippen LogP contribution in [0.2, 0.25) is 0 Å². The van der Waals surface area contributed by atoms with Gasteiger partial charge in [-0.25, -0.2) is 0 Å². The molecule has 0 bridgehead atoms. The molecule has 1 N–H and O–H groups in total. The summed E-state index contributed by atoms with van der Waals surface area (Å²) in [5.41, 5.74) is 1.71. The Morgan fingerprint density at radius 3 is 2.80 bits per heavy atom. The van der Waals surface area contributed by atoms with Gasteiger partial charge < -0.3 is 0 Å². The number of nitrogens with one attached hydrogen (secondary N) is 1. The van der Waals surface area contributed by atoms with Crippen molar-refractivity contribution in [3.05, 3.63) is 0 Å². The average molecular weight is 160 g/mol. The third-order valence-electron chi connectivity index (χ3n) is 1.17. The highest BCUT2D eigenvalue weighted by Gasteiger charge is 1.92. The van der Waals surface area contributed by atoms with E-state index in [1.54, 1.807) is 5.62 Å². The first-order valence-corrected chi connectivity index (χ1v) is 4.35. The van der Waals surface area contributed by atoms with E-state index in [2.05, 4.69) is 18.6 Å². The number of rotatable bonds is 6. The molecule has 10 heavy (non-hydrogen) atoms. The van der Waals surface area contributed by atoms with Gasteiger partial charge in [-0.05, 0) is 18.8 Å². The van der Waals surface area contributed by atoms with Crippen molar-refractivity contribution in [1.29, 1.82) is 0 Å². The molecule has 0 saturated carbocycles. The van der Waals surface area contributed by atoms with Crippen LogP contribution in [0.4, 0.5) is 0 Å². The fraction of sp³-hybridized carbons (Fsp3) is 0.857. The molecule has 0 heterocycles. The van der Waals surface area contributed by atoms with Crippen molar-refractivity contribution in [3.63, 3.8) is 0 Å². The molecule has 0 fully saturated rings. The third-order valence-corrected chi connectivity index (χ3v) is 1.61. The largest absolute Gasteiger partial charge is 0.282 e. The van der Waals surface area contributed by atoms with Crippen LogP contribution < -0.4 is 4.72 Å². The molecule has 0 unspecified atom stereocenters. The average Bonchev–Trinajstić information content (AvgIpc) is 1.87. The van der Waals surface area contributed by atoms with Gasteiger partial charge in [0.15, 0.2) is 0 Å². The van der Waals surface area contributed by atoms with Crippen LogP contribution in [0, 0.1) is 5.92 Å². The highest BCUT2D eigenvalue weighted by molar-refractivity contribution is 8.10. The lowest BCUT2D eigenvalue weighted by Gasteiger charge is -2.02. The monoisotopic (exact) mass is 160 g/mol. The Morgan fingerprint density at radius 2 is 2.30 bits per heavy atom. The summed E-state index contributed by atoms with van der Waals surface area (Å²) in [4.78, 5) is 9.68. The van der Waals surface area contributed by atoms with E-state index in [1.807, 2.05) is 0 Å². The second kappa shape index (κ2) is 7.09. The van der Waals surface area contributed by atoms with Gasteiger partial charge in [0.2, 0.25) is 0 Å². The van der Waals surface area contributed by atoms with Gasteiger partial charge in [0.25, 0.3) is 5.62 Å². The molecular formula is C7H14NOS. The van der Waals surface area contributed by atoms with Gasteiger partial charge in [0, 0.05) is 18.5 Å². The first-order chi connectivity index (χ1) is 4.77. The van der Waals surface area contributed by atoms with E-state index in [0.717, 1.165) is 30.8 Å².